The molecule has 0 saturated carbocycles. The van der Waals surface area contributed by atoms with Gasteiger partial charge in [-0.15, -0.1) is 0 Å². The molecular weight excluding hydrogens is 304 g/mol. The molecule has 1 aliphatic heterocycles. The summed E-state index contributed by atoms with van der Waals surface area (Å²) in [7, 11) is 0. The van der Waals surface area contributed by atoms with Gasteiger partial charge in [0, 0.05) is 25.5 Å². The van der Waals surface area contributed by atoms with Crippen LogP contribution in [0.1, 0.15) is 26.7 Å². The largest absolute Gasteiger partial charge is 0.388 e. The van der Waals surface area contributed by atoms with Crippen LogP contribution in [0.2, 0.25) is 0 Å². The van der Waals surface area contributed by atoms with Gasteiger partial charge in [0.25, 0.3) is 0 Å². The molecule has 1 amide bonds. The lowest BCUT2D eigenvalue weighted by molar-refractivity contribution is -0.138. The van der Waals surface area contributed by atoms with Crippen LogP contribution in [0.5, 0.6) is 0 Å². The number of nitrogens with zero attached hydrogens (tertiary/aromatic N) is 3. The van der Waals surface area contributed by atoms with E-state index >= 15 is 0 Å². The molecule has 3 N–H and O–H groups in total. The number of aromatic nitrogens is 2. The smallest absolute Gasteiger partial charge is 0.239 e. The van der Waals surface area contributed by atoms with Crippen molar-refractivity contribution in [2.24, 2.45) is 11.7 Å². The minimum Gasteiger partial charge on any atom is -0.388 e. The molecule has 130 valence electrons. The van der Waals surface area contributed by atoms with Crippen molar-refractivity contribution in [2.75, 3.05) is 13.1 Å². The molecule has 1 aliphatic rings. The minimum atomic E-state index is -0.805. The highest BCUT2D eigenvalue weighted by Gasteiger charge is 2.36. The first-order valence-electron chi connectivity index (χ1n) is 8.56. The Morgan fingerprint density at radius 1 is 1.38 bits per heavy atom. The number of pyridine rings is 1. The normalized spacial score (nSPS) is 19.0. The summed E-state index contributed by atoms with van der Waals surface area (Å²) in [5, 5.41) is 10.9. The molecule has 6 heteroatoms. The number of amides is 1. The van der Waals surface area contributed by atoms with Crippen molar-refractivity contribution < 1.29 is 9.90 Å². The molecule has 0 aromatic carbocycles. The van der Waals surface area contributed by atoms with Gasteiger partial charge in [-0.1, -0.05) is 13.8 Å². The number of carbonyl (C=O) groups excluding carboxylic acids is 1. The van der Waals surface area contributed by atoms with Crippen LogP contribution in [0.15, 0.2) is 30.6 Å². The van der Waals surface area contributed by atoms with E-state index in [1.807, 2.05) is 42.8 Å². The Hall–Kier alpha value is -1.92. The molecule has 0 radical (unpaired) electrons. The third-order valence-corrected chi connectivity index (χ3v) is 5.01. The maximum atomic E-state index is 12.3. The van der Waals surface area contributed by atoms with Crippen molar-refractivity contribution in [1.29, 1.82) is 0 Å². The van der Waals surface area contributed by atoms with Gasteiger partial charge >= 0.3 is 0 Å². The Morgan fingerprint density at radius 2 is 2.08 bits per heavy atom. The molecular formula is C18H26N4O2. The van der Waals surface area contributed by atoms with Crippen LogP contribution in [0.3, 0.4) is 0 Å². The summed E-state index contributed by atoms with van der Waals surface area (Å²) in [6.45, 7) is 5.52. The molecule has 0 bridgehead atoms. The van der Waals surface area contributed by atoms with Crippen molar-refractivity contribution in [3.05, 3.63) is 30.6 Å². The second-order valence-electron chi connectivity index (χ2n) is 7.17. The topological polar surface area (TPSA) is 84.4 Å². The second kappa shape index (κ2) is 6.53. The van der Waals surface area contributed by atoms with E-state index in [2.05, 4.69) is 4.98 Å². The van der Waals surface area contributed by atoms with Crippen molar-refractivity contribution in [1.82, 2.24) is 14.5 Å². The van der Waals surface area contributed by atoms with E-state index in [4.69, 9.17) is 5.73 Å². The number of aliphatic hydroxyl groups is 1. The first-order chi connectivity index (χ1) is 11.4. The van der Waals surface area contributed by atoms with Crippen molar-refractivity contribution >= 4 is 16.9 Å². The lowest BCUT2D eigenvalue weighted by atomic mass is 9.90. The summed E-state index contributed by atoms with van der Waals surface area (Å²) in [6.07, 6.45) is 4.85. The van der Waals surface area contributed by atoms with E-state index in [9.17, 15) is 9.90 Å². The molecule has 2 aromatic rings. The molecule has 24 heavy (non-hydrogen) atoms. The Balaban J connectivity index is 1.66. The van der Waals surface area contributed by atoms with Gasteiger partial charge in [0.1, 0.15) is 0 Å². The summed E-state index contributed by atoms with van der Waals surface area (Å²) in [5.41, 5.74) is 7.11. The molecule has 2 aromatic heterocycles. The first-order valence-corrected chi connectivity index (χ1v) is 8.56. The van der Waals surface area contributed by atoms with Gasteiger partial charge in [0.15, 0.2) is 0 Å². The number of carbonyl (C=O) groups is 1. The summed E-state index contributed by atoms with van der Waals surface area (Å²) >= 11 is 0. The average Bonchev–Trinajstić information content (AvgIpc) is 2.97. The maximum absolute atomic E-state index is 12.3. The van der Waals surface area contributed by atoms with Gasteiger partial charge in [-0.2, -0.15) is 0 Å². The van der Waals surface area contributed by atoms with Crippen LogP contribution in [-0.4, -0.2) is 50.2 Å². The van der Waals surface area contributed by atoms with E-state index in [-0.39, 0.29) is 11.8 Å². The summed E-state index contributed by atoms with van der Waals surface area (Å²) < 4.78 is 2.04. The van der Waals surface area contributed by atoms with Gasteiger partial charge in [-0.25, -0.2) is 0 Å². The summed E-state index contributed by atoms with van der Waals surface area (Å²) in [5.74, 6) is 0.111. The van der Waals surface area contributed by atoms with Crippen molar-refractivity contribution in [3.63, 3.8) is 0 Å². The molecule has 3 heterocycles. The fraction of sp³-hybridized carbons (Fsp3) is 0.556. The van der Waals surface area contributed by atoms with E-state index in [0.717, 1.165) is 11.0 Å². The number of hydrogen-bond acceptors (Lipinski definition) is 4. The number of piperidine rings is 1. The number of nitrogens with two attached hydrogens (primary N) is 1. The van der Waals surface area contributed by atoms with Crippen molar-refractivity contribution in [3.8, 4) is 0 Å². The lowest BCUT2D eigenvalue weighted by Gasteiger charge is -2.39. The zero-order valence-electron chi connectivity index (χ0n) is 14.4. The van der Waals surface area contributed by atoms with Crippen molar-refractivity contribution in [2.45, 2.75) is 44.9 Å². The maximum Gasteiger partial charge on any atom is 0.239 e. The quantitative estimate of drug-likeness (QED) is 0.887. The van der Waals surface area contributed by atoms with Gasteiger partial charge in [0.05, 0.1) is 29.2 Å². The predicted octanol–water partition coefficient (Wildman–Crippen LogP) is 1.37. The van der Waals surface area contributed by atoms with Crippen LogP contribution in [0.25, 0.3) is 11.0 Å². The fourth-order valence-electron chi connectivity index (χ4n) is 3.27. The summed E-state index contributed by atoms with van der Waals surface area (Å²) in [6, 6.07) is 5.40. The molecule has 1 atom stereocenters. The molecule has 6 nitrogen and oxygen atoms in total. The zero-order chi connectivity index (χ0) is 17.3. The molecule has 3 rings (SSSR count). The highest BCUT2D eigenvalue weighted by Crippen LogP contribution is 2.26. The molecule has 0 spiro atoms. The fourth-order valence-corrected chi connectivity index (χ4v) is 3.27. The third kappa shape index (κ3) is 3.30. The van der Waals surface area contributed by atoms with E-state index < -0.39 is 11.6 Å². The number of fused-ring (bicyclic) bond motifs is 1. The van der Waals surface area contributed by atoms with Crippen LogP contribution >= 0.6 is 0 Å². The Labute approximate surface area is 142 Å². The predicted molar refractivity (Wildman–Crippen MR) is 93.3 cm³/mol. The van der Waals surface area contributed by atoms with E-state index in [0.29, 0.717) is 32.5 Å². The van der Waals surface area contributed by atoms with Gasteiger partial charge in [-0.3, -0.25) is 9.78 Å². The van der Waals surface area contributed by atoms with Gasteiger partial charge in [0.2, 0.25) is 5.91 Å². The van der Waals surface area contributed by atoms with Crippen LogP contribution in [-0.2, 0) is 11.3 Å². The Kier molecular flexibility index (Phi) is 4.60. The standard InChI is InChI=1S/C18H26N4O2/c1-13(2)16(19)17(23)21-10-6-18(24,7-11-21)12-22-9-5-14-15(22)4-3-8-20-14/h3-5,8-9,13,16,24H,6-7,10-12,19H2,1-2H3/t16-/m0/s1. The highest BCUT2D eigenvalue weighted by molar-refractivity contribution is 5.82. The third-order valence-electron chi connectivity index (χ3n) is 5.01. The average molecular weight is 330 g/mol. The SMILES string of the molecule is CC(C)[C@H](N)C(=O)N1CCC(O)(Cn2ccc3ncccc32)CC1. The monoisotopic (exact) mass is 330 g/mol. The molecule has 1 saturated heterocycles. The van der Waals surface area contributed by atoms with Crippen LogP contribution in [0, 0.1) is 5.92 Å². The Bertz CT molecular complexity index is 717. The Morgan fingerprint density at radius 3 is 2.75 bits per heavy atom. The highest BCUT2D eigenvalue weighted by atomic mass is 16.3. The van der Waals surface area contributed by atoms with Gasteiger partial charge in [-0.05, 0) is 37.0 Å². The molecule has 0 unspecified atom stereocenters. The van der Waals surface area contributed by atoms with Crippen LogP contribution < -0.4 is 5.73 Å². The van der Waals surface area contributed by atoms with Gasteiger partial charge < -0.3 is 20.3 Å². The summed E-state index contributed by atoms with van der Waals surface area (Å²) in [4.78, 5) is 18.5. The number of rotatable bonds is 4. The lowest BCUT2D eigenvalue weighted by Crippen LogP contribution is -2.53. The first kappa shape index (κ1) is 16.9. The molecule has 1 fully saturated rings. The molecule has 0 aliphatic carbocycles. The van der Waals surface area contributed by atoms with E-state index in [1.54, 1.807) is 11.1 Å². The second-order valence-corrected chi connectivity index (χ2v) is 7.17. The number of hydrogen-bond donors (Lipinski definition) is 2. The number of likely N-dealkylation sites (tertiary alicyclic amines) is 1. The minimum absolute atomic E-state index is 0.0114. The zero-order valence-corrected chi connectivity index (χ0v) is 14.4. The van der Waals surface area contributed by atoms with Crippen LogP contribution in [0.4, 0.5) is 0 Å². The van der Waals surface area contributed by atoms with E-state index in [1.165, 1.54) is 0 Å².